The van der Waals surface area contributed by atoms with Gasteiger partial charge in [0.1, 0.15) is 6.54 Å². The molecular formula is C19H21N3O4. The Balaban J connectivity index is 2.09. The van der Waals surface area contributed by atoms with Crippen molar-refractivity contribution in [2.75, 3.05) is 11.9 Å². The van der Waals surface area contributed by atoms with E-state index in [1.807, 2.05) is 32.0 Å². The zero-order valence-electron chi connectivity index (χ0n) is 14.6. The summed E-state index contributed by atoms with van der Waals surface area (Å²) < 4.78 is 0. The number of amides is 3. The molecule has 0 spiro atoms. The van der Waals surface area contributed by atoms with Crippen LogP contribution >= 0.6 is 0 Å². The molecule has 0 aliphatic heterocycles. The number of benzene rings is 2. The van der Waals surface area contributed by atoms with Crippen molar-refractivity contribution in [1.29, 1.82) is 0 Å². The first-order valence-electron chi connectivity index (χ1n) is 8.13. The normalized spacial score (nSPS) is 10.3. The van der Waals surface area contributed by atoms with Gasteiger partial charge in [0, 0.05) is 17.3 Å². The lowest BCUT2D eigenvalue weighted by molar-refractivity contribution is -0.135. The molecule has 7 heteroatoms. The third kappa shape index (κ3) is 5.62. The molecule has 0 fully saturated rings. The van der Waals surface area contributed by atoms with Gasteiger partial charge in [-0.3, -0.25) is 9.59 Å². The molecule has 0 aliphatic carbocycles. The van der Waals surface area contributed by atoms with Gasteiger partial charge in [-0.2, -0.15) is 0 Å². The van der Waals surface area contributed by atoms with Gasteiger partial charge in [-0.1, -0.05) is 24.3 Å². The van der Waals surface area contributed by atoms with Gasteiger partial charge >= 0.3 is 12.0 Å². The van der Waals surface area contributed by atoms with Crippen molar-refractivity contribution in [2.24, 2.45) is 0 Å². The maximum Gasteiger partial charge on any atom is 0.322 e. The van der Waals surface area contributed by atoms with Crippen LogP contribution in [0.2, 0.25) is 0 Å². The number of carbonyl (C=O) groups excluding carboxylic acids is 2. The topological polar surface area (TPSA) is 108 Å². The van der Waals surface area contributed by atoms with E-state index >= 15 is 0 Å². The van der Waals surface area contributed by atoms with Crippen LogP contribution in [0.3, 0.4) is 0 Å². The van der Waals surface area contributed by atoms with Crippen LogP contribution < -0.4 is 16.0 Å². The number of carboxylic acids is 1. The Morgan fingerprint density at radius 2 is 1.69 bits per heavy atom. The minimum atomic E-state index is -1.10. The molecule has 0 unspecified atom stereocenters. The van der Waals surface area contributed by atoms with Crippen LogP contribution in [0.5, 0.6) is 0 Å². The van der Waals surface area contributed by atoms with Gasteiger partial charge in [-0.05, 0) is 49.2 Å². The predicted molar refractivity (Wildman–Crippen MR) is 99.1 cm³/mol. The van der Waals surface area contributed by atoms with Crippen LogP contribution in [0.25, 0.3) is 11.1 Å². The number of aliphatic carboxylic acids is 1. The zero-order chi connectivity index (χ0) is 19.1. The molecule has 4 N–H and O–H groups in total. The lowest BCUT2D eigenvalue weighted by Crippen LogP contribution is -2.34. The van der Waals surface area contributed by atoms with Crippen molar-refractivity contribution in [1.82, 2.24) is 10.6 Å². The average Bonchev–Trinajstić information content (AvgIpc) is 2.59. The molecule has 136 valence electrons. The van der Waals surface area contributed by atoms with E-state index in [9.17, 15) is 14.4 Å². The summed E-state index contributed by atoms with van der Waals surface area (Å²) in [4.78, 5) is 34.1. The Labute approximate surface area is 151 Å². The highest BCUT2D eigenvalue weighted by Crippen LogP contribution is 2.23. The minimum absolute atomic E-state index is 0.0398. The molecule has 0 aromatic heterocycles. The van der Waals surface area contributed by atoms with Crippen LogP contribution in [0.4, 0.5) is 10.5 Å². The number of nitrogens with one attached hydrogen (secondary N) is 3. The highest BCUT2D eigenvalue weighted by molar-refractivity contribution is 5.96. The highest BCUT2D eigenvalue weighted by Gasteiger charge is 2.08. The summed E-state index contributed by atoms with van der Waals surface area (Å²) >= 11 is 0. The fourth-order valence-electron chi connectivity index (χ4n) is 2.28. The lowest BCUT2D eigenvalue weighted by atomic mass is 10.0. The molecule has 0 aliphatic rings. The average molecular weight is 355 g/mol. The Kier molecular flexibility index (Phi) is 6.32. The van der Waals surface area contributed by atoms with Crippen LogP contribution in [0.1, 0.15) is 24.2 Å². The third-order valence-corrected chi connectivity index (χ3v) is 3.42. The largest absolute Gasteiger partial charge is 0.480 e. The van der Waals surface area contributed by atoms with Gasteiger partial charge in [0.2, 0.25) is 0 Å². The lowest BCUT2D eigenvalue weighted by Gasteiger charge is -2.11. The van der Waals surface area contributed by atoms with Gasteiger partial charge in [-0.25, -0.2) is 4.79 Å². The third-order valence-electron chi connectivity index (χ3n) is 3.42. The van der Waals surface area contributed by atoms with Crippen LogP contribution in [0.15, 0.2) is 48.5 Å². The molecular weight excluding hydrogens is 334 g/mol. The van der Waals surface area contributed by atoms with Gasteiger partial charge in [0.15, 0.2) is 0 Å². The van der Waals surface area contributed by atoms with Crippen molar-refractivity contribution in [2.45, 2.75) is 19.9 Å². The summed E-state index contributed by atoms with van der Waals surface area (Å²) in [6.45, 7) is 3.33. The number of urea groups is 1. The van der Waals surface area contributed by atoms with E-state index in [0.717, 1.165) is 11.1 Å². The molecule has 7 nitrogen and oxygen atoms in total. The summed E-state index contributed by atoms with van der Waals surface area (Å²) in [5.41, 5.74) is 2.78. The van der Waals surface area contributed by atoms with E-state index < -0.39 is 18.4 Å². The maximum absolute atomic E-state index is 11.8. The van der Waals surface area contributed by atoms with E-state index in [1.54, 1.807) is 30.3 Å². The van der Waals surface area contributed by atoms with Crippen molar-refractivity contribution < 1.29 is 19.5 Å². The first kappa shape index (κ1) is 19.0. The highest BCUT2D eigenvalue weighted by atomic mass is 16.4. The van der Waals surface area contributed by atoms with E-state index in [0.29, 0.717) is 11.3 Å². The van der Waals surface area contributed by atoms with E-state index in [1.165, 1.54) is 0 Å². The smallest absolute Gasteiger partial charge is 0.322 e. The summed E-state index contributed by atoms with van der Waals surface area (Å²) in [6, 6.07) is 13.9. The molecule has 0 radical (unpaired) electrons. The number of hydrogen-bond donors (Lipinski definition) is 4. The first-order chi connectivity index (χ1) is 12.3. The molecule has 0 saturated heterocycles. The monoisotopic (exact) mass is 355 g/mol. The second-order valence-corrected chi connectivity index (χ2v) is 5.99. The molecule has 2 aromatic rings. The molecule has 0 atom stereocenters. The zero-order valence-corrected chi connectivity index (χ0v) is 14.6. The molecule has 2 aromatic carbocycles. The van der Waals surface area contributed by atoms with Crippen molar-refractivity contribution in [3.05, 3.63) is 54.1 Å². The maximum atomic E-state index is 11.8. The molecule has 0 bridgehead atoms. The molecule has 3 amide bonds. The van der Waals surface area contributed by atoms with Gasteiger partial charge in [-0.15, -0.1) is 0 Å². The van der Waals surface area contributed by atoms with Crippen LogP contribution in [-0.4, -0.2) is 35.6 Å². The first-order valence-corrected chi connectivity index (χ1v) is 8.13. The summed E-state index contributed by atoms with van der Waals surface area (Å²) in [5.74, 6) is -1.54. The predicted octanol–water partition coefficient (Wildman–Crippen LogP) is 2.70. The second-order valence-electron chi connectivity index (χ2n) is 5.99. The minimum Gasteiger partial charge on any atom is -0.480 e. The van der Waals surface area contributed by atoms with Crippen molar-refractivity contribution in [3.8, 4) is 11.1 Å². The Hall–Kier alpha value is -3.35. The Bertz CT molecular complexity index is 801. The Morgan fingerprint density at radius 1 is 1.00 bits per heavy atom. The number of carbonyl (C=O) groups is 3. The number of rotatable bonds is 6. The summed E-state index contributed by atoms with van der Waals surface area (Å²) in [7, 11) is 0. The van der Waals surface area contributed by atoms with Gasteiger partial charge in [0.25, 0.3) is 5.91 Å². The van der Waals surface area contributed by atoms with Gasteiger partial charge in [0.05, 0.1) is 0 Å². The van der Waals surface area contributed by atoms with Crippen molar-refractivity contribution >= 4 is 23.6 Å². The molecule has 0 heterocycles. The van der Waals surface area contributed by atoms with Crippen molar-refractivity contribution in [3.63, 3.8) is 0 Å². The van der Waals surface area contributed by atoms with Gasteiger partial charge < -0.3 is 21.1 Å². The second kappa shape index (κ2) is 8.66. The molecule has 26 heavy (non-hydrogen) atoms. The number of hydrogen-bond acceptors (Lipinski definition) is 3. The standard InChI is InChI=1S/C19H21N3O4/c1-12(2)21-19(26)22-16-5-3-4-15(10-16)13-6-8-14(9-7-13)18(25)20-11-17(23)24/h3-10,12H,11H2,1-2H3,(H,20,25)(H,23,24)(H2,21,22,26). The van der Waals surface area contributed by atoms with Crippen LogP contribution in [-0.2, 0) is 4.79 Å². The molecule has 0 saturated carbocycles. The SMILES string of the molecule is CC(C)NC(=O)Nc1cccc(-c2ccc(C(=O)NCC(=O)O)cc2)c1. The van der Waals surface area contributed by atoms with Crippen LogP contribution in [0, 0.1) is 0 Å². The summed E-state index contributed by atoms with van der Waals surface area (Å²) in [6.07, 6.45) is 0. The number of anilines is 1. The van der Waals surface area contributed by atoms with E-state index in [-0.39, 0.29) is 12.1 Å². The quantitative estimate of drug-likeness (QED) is 0.639. The summed E-state index contributed by atoms with van der Waals surface area (Å²) in [5, 5.41) is 16.4. The fourth-order valence-corrected chi connectivity index (χ4v) is 2.28. The molecule has 2 rings (SSSR count). The van der Waals surface area contributed by atoms with E-state index in [2.05, 4.69) is 16.0 Å². The Morgan fingerprint density at radius 3 is 2.31 bits per heavy atom. The fraction of sp³-hybridized carbons (Fsp3) is 0.211. The van der Waals surface area contributed by atoms with E-state index in [4.69, 9.17) is 5.11 Å². The number of carboxylic acid groups (broad SMARTS) is 1.